The lowest BCUT2D eigenvalue weighted by Crippen LogP contribution is -2.42. The van der Waals surface area contributed by atoms with E-state index >= 15 is 0 Å². The molecular formula is C12H15Cl2F2NO. The molecule has 18 heavy (non-hydrogen) atoms. The van der Waals surface area contributed by atoms with Crippen LogP contribution in [0.25, 0.3) is 0 Å². The molecule has 2 rings (SSSR count). The van der Waals surface area contributed by atoms with Gasteiger partial charge in [-0.3, -0.25) is 0 Å². The Morgan fingerprint density at radius 2 is 2.00 bits per heavy atom. The fraction of sp³-hybridized carbons (Fsp3) is 0.500. The summed E-state index contributed by atoms with van der Waals surface area (Å²) in [4.78, 5) is 0. The van der Waals surface area contributed by atoms with Gasteiger partial charge in [0.2, 0.25) is 0 Å². The minimum absolute atomic E-state index is 0. The first-order chi connectivity index (χ1) is 8.09. The molecule has 1 aliphatic heterocycles. The third-order valence-corrected chi connectivity index (χ3v) is 3.18. The Morgan fingerprint density at radius 1 is 1.33 bits per heavy atom. The first-order valence-corrected chi connectivity index (χ1v) is 5.94. The second-order valence-corrected chi connectivity index (χ2v) is 4.67. The number of ether oxygens (including phenoxy) is 1. The van der Waals surface area contributed by atoms with Gasteiger partial charge in [-0.15, -0.1) is 12.4 Å². The molecule has 0 radical (unpaired) electrons. The largest absolute Gasteiger partial charge is 0.489 e. The highest BCUT2D eigenvalue weighted by Crippen LogP contribution is 2.29. The van der Waals surface area contributed by atoms with Gasteiger partial charge in [0.15, 0.2) is 0 Å². The maximum atomic E-state index is 14.2. The molecule has 0 bridgehead atoms. The van der Waals surface area contributed by atoms with Crippen molar-refractivity contribution in [3.63, 3.8) is 0 Å². The number of rotatable bonds is 3. The highest BCUT2D eigenvalue weighted by Gasteiger charge is 2.32. The SMILES string of the molecule is Cl.Fc1ccc(OCC2(F)CCNCC2)c(Cl)c1. The lowest BCUT2D eigenvalue weighted by Gasteiger charge is -2.29. The van der Waals surface area contributed by atoms with Gasteiger partial charge in [-0.25, -0.2) is 8.78 Å². The predicted molar refractivity (Wildman–Crippen MR) is 70.1 cm³/mol. The second-order valence-electron chi connectivity index (χ2n) is 4.26. The van der Waals surface area contributed by atoms with Gasteiger partial charge in [0.1, 0.15) is 23.8 Å². The van der Waals surface area contributed by atoms with E-state index in [0.29, 0.717) is 31.7 Å². The van der Waals surface area contributed by atoms with Crippen molar-refractivity contribution in [2.24, 2.45) is 0 Å². The average Bonchev–Trinajstić information content (AvgIpc) is 2.29. The molecule has 0 amide bonds. The molecule has 1 aliphatic rings. The van der Waals surface area contributed by atoms with Crippen molar-refractivity contribution in [2.45, 2.75) is 18.5 Å². The van der Waals surface area contributed by atoms with E-state index < -0.39 is 11.5 Å². The smallest absolute Gasteiger partial charge is 0.147 e. The monoisotopic (exact) mass is 297 g/mol. The number of benzene rings is 1. The number of nitrogens with one attached hydrogen (secondary N) is 1. The lowest BCUT2D eigenvalue weighted by atomic mass is 9.95. The maximum Gasteiger partial charge on any atom is 0.147 e. The molecule has 0 atom stereocenters. The summed E-state index contributed by atoms with van der Waals surface area (Å²) in [6.07, 6.45) is 0.845. The van der Waals surface area contributed by atoms with Crippen LogP contribution in [0.3, 0.4) is 0 Å². The Hall–Kier alpha value is -0.580. The normalized spacial score (nSPS) is 17.9. The van der Waals surface area contributed by atoms with Gasteiger partial charge in [-0.05, 0) is 44.1 Å². The van der Waals surface area contributed by atoms with E-state index in [0.717, 1.165) is 6.07 Å². The summed E-state index contributed by atoms with van der Waals surface area (Å²) in [5.41, 5.74) is -1.32. The first-order valence-electron chi connectivity index (χ1n) is 5.57. The molecule has 1 saturated heterocycles. The van der Waals surface area contributed by atoms with Crippen LogP contribution in [0.4, 0.5) is 8.78 Å². The molecule has 102 valence electrons. The summed E-state index contributed by atoms with van der Waals surface area (Å²) < 4.78 is 32.3. The van der Waals surface area contributed by atoms with E-state index in [-0.39, 0.29) is 24.0 Å². The van der Waals surface area contributed by atoms with Gasteiger partial charge in [-0.1, -0.05) is 11.6 Å². The van der Waals surface area contributed by atoms with Gasteiger partial charge in [0.25, 0.3) is 0 Å². The zero-order valence-electron chi connectivity index (χ0n) is 9.72. The molecule has 0 aliphatic carbocycles. The highest BCUT2D eigenvalue weighted by atomic mass is 35.5. The Bertz CT molecular complexity index is 398. The van der Waals surface area contributed by atoms with E-state index in [1.54, 1.807) is 0 Å². The van der Waals surface area contributed by atoms with Crippen LogP contribution in [-0.2, 0) is 0 Å². The van der Waals surface area contributed by atoms with Crippen LogP contribution in [-0.4, -0.2) is 25.4 Å². The summed E-state index contributed by atoms with van der Waals surface area (Å²) >= 11 is 5.79. The van der Waals surface area contributed by atoms with Gasteiger partial charge in [-0.2, -0.15) is 0 Å². The molecule has 2 nitrogen and oxygen atoms in total. The van der Waals surface area contributed by atoms with Crippen LogP contribution in [0.5, 0.6) is 5.75 Å². The van der Waals surface area contributed by atoms with E-state index in [1.165, 1.54) is 12.1 Å². The molecular weight excluding hydrogens is 283 g/mol. The minimum atomic E-state index is -1.32. The first kappa shape index (κ1) is 15.5. The van der Waals surface area contributed by atoms with E-state index in [1.807, 2.05) is 0 Å². The Balaban J connectivity index is 0.00000162. The summed E-state index contributed by atoms with van der Waals surface area (Å²) in [6, 6.07) is 3.82. The number of alkyl halides is 1. The maximum absolute atomic E-state index is 14.2. The molecule has 1 aromatic rings. The molecule has 0 spiro atoms. The van der Waals surface area contributed by atoms with Crippen molar-refractivity contribution in [2.75, 3.05) is 19.7 Å². The molecule has 0 unspecified atom stereocenters. The van der Waals surface area contributed by atoms with Crippen LogP contribution < -0.4 is 10.1 Å². The van der Waals surface area contributed by atoms with Gasteiger partial charge in [0.05, 0.1) is 5.02 Å². The summed E-state index contributed by atoms with van der Waals surface area (Å²) in [6.45, 7) is 1.26. The summed E-state index contributed by atoms with van der Waals surface area (Å²) in [5, 5.41) is 3.25. The fourth-order valence-corrected chi connectivity index (χ4v) is 2.04. The zero-order valence-corrected chi connectivity index (χ0v) is 11.3. The van der Waals surface area contributed by atoms with Crippen molar-refractivity contribution in [3.05, 3.63) is 29.0 Å². The van der Waals surface area contributed by atoms with Crippen LogP contribution in [0, 0.1) is 5.82 Å². The van der Waals surface area contributed by atoms with Crippen LogP contribution in [0.15, 0.2) is 18.2 Å². The van der Waals surface area contributed by atoms with Crippen molar-refractivity contribution in [3.8, 4) is 5.75 Å². The van der Waals surface area contributed by atoms with E-state index in [2.05, 4.69) is 5.32 Å². The summed E-state index contributed by atoms with van der Waals surface area (Å²) in [5.74, 6) is -0.109. The van der Waals surface area contributed by atoms with Gasteiger partial charge in [0, 0.05) is 0 Å². The van der Waals surface area contributed by atoms with Crippen LogP contribution in [0.2, 0.25) is 5.02 Å². The lowest BCUT2D eigenvalue weighted by molar-refractivity contribution is 0.0539. The van der Waals surface area contributed by atoms with Crippen LogP contribution >= 0.6 is 24.0 Å². The quantitative estimate of drug-likeness (QED) is 0.924. The molecule has 1 heterocycles. The molecule has 1 N–H and O–H groups in total. The second kappa shape index (κ2) is 6.55. The summed E-state index contributed by atoms with van der Waals surface area (Å²) in [7, 11) is 0. The molecule has 0 saturated carbocycles. The third-order valence-electron chi connectivity index (χ3n) is 2.88. The van der Waals surface area contributed by atoms with Crippen LogP contribution in [0.1, 0.15) is 12.8 Å². The molecule has 6 heteroatoms. The topological polar surface area (TPSA) is 21.3 Å². The van der Waals surface area contributed by atoms with Crippen molar-refractivity contribution in [1.29, 1.82) is 0 Å². The third kappa shape index (κ3) is 3.97. The fourth-order valence-electron chi connectivity index (χ4n) is 1.82. The molecule has 0 aromatic heterocycles. The van der Waals surface area contributed by atoms with E-state index in [4.69, 9.17) is 16.3 Å². The Morgan fingerprint density at radius 3 is 2.61 bits per heavy atom. The van der Waals surface area contributed by atoms with Crippen molar-refractivity contribution in [1.82, 2.24) is 5.32 Å². The Labute approximate surface area is 116 Å². The molecule has 1 fully saturated rings. The van der Waals surface area contributed by atoms with Crippen molar-refractivity contribution < 1.29 is 13.5 Å². The molecule has 1 aromatic carbocycles. The van der Waals surface area contributed by atoms with Gasteiger partial charge >= 0.3 is 0 Å². The number of hydrogen-bond acceptors (Lipinski definition) is 2. The standard InChI is InChI=1S/C12H14ClF2NO.ClH/c13-10-7-9(14)1-2-11(10)17-8-12(15)3-5-16-6-4-12;/h1-2,7,16H,3-6,8H2;1H. The highest BCUT2D eigenvalue weighted by molar-refractivity contribution is 6.32. The number of halogens is 4. The minimum Gasteiger partial charge on any atom is -0.489 e. The average molecular weight is 298 g/mol. The van der Waals surface area contributed by atoms with E-state index in [9.17, 15) is 8.78 Å². The number of piperidine rings is 1. The predicted octanol–water partition coefficient (Wildman–Crippen LogP) is 3.37. The Kier molecular flexibility index (Phi) is 5.63. The van der Waals surface area contributed by atoms with Gasteiger partial charge < -0.3 is 10.1 Å². The zero-order chi connectivity index (χ0) is 12.3. The number of hydrogen-bond donors (Lipinski definition) is 1. The van der Waals surface area contributed by atoms with Crippen molar-refractivity contribution >= 4 is 24.0 Å².